The number of hydrogen-bond acceptors (Lipinski definition) is 1. The Labute approximate surface area is 118 Å². The molecule has 0 aromatic heterocycles. The summed E-state index contributed by atoms with van der Waals surface area (Å²) in [4.78, 5) is 0. The van der Waals surface area contributed by atoms with Gasteiger partial charge in [0.1, 0.15) is 0 Å². The first-order valence-corrected chi connectivity index (χ1v) is 5.82. The summed E-state index contributed by atoms with van der Waals surface area (Å²) in [5, 5.41) is 0. The zero-order chi connectivity index (χ0) is 17.3. The van der Waals surface area contributed by atoms with E-state index in [9.17, 15) is 39.5 Å². The van der Waals surface area contributed by atoms with E-state index in [0.717, 1.165) is 0 Å². The minimum Gasteiger partial charge on any atom is -0.324 e. The Morgan fingerprint density at radius 1 is 0.864 bits per heavy atom. The van der Waals surface area contributed by atoms with Crippen molar-refractivity contribution in [1.82, 2.24) is 0 Å². The minimum atomic E-state index is -5.16. The fraction of sp³-hybridized carbons (Fsp3) is 0.500. The second kappa shape index (κ2) is 5.98. The van der Waals surface area contributed by atoms with Crippen molar-refractivity contribution in [2.24, 2.45) is 5.73 Å². The lowest BCUT2D eigenvalue weighted by atomic mass is 9.95. The molecule has 0 saturated heterocycles. The fourth-order valence-corrected chi connectivity index (χ4v) is 1.78. The van der Waals surface area contributed by atoms with E-state index < -0.39 is 54.1 Å². The molecule has 0 amide bonds. The molecular formula is C12H10F9N. The molecular weight excluding hydrogens is 329 g/mol. The highest BCUT2D eigenvalue weighted by atomic mass is 19.4. The number of hydrogen-bond donors (Lipinski definition) is 1. The molecule has 0 bridgehead atoms. The third kappa shape index (κ3) is 5.08. The van der Waals surface area contributed by atoms with Crippen molar-refractivity contribution in [2.75, 3.05) is 0 Å². The summed E-state index contributed by atoms with van der Waals surface area (Å²) in [6.45, 7) is 0. The van der Waals surface area contributed by atoms with Crippen LogP contribution in [-0.2, 0) is 12.4 Å². The van der Waals surface area contributed by atoms with Crippen LogP contribution in [0.2, 0.25) is 0 Å². The fourth-order valence-electron chi connectivity index (χ4n) is 1.78. The number of benzene rings is 1. The molecule has 0 heterocycles. The molecule has 0 aliphatic carbocycles. The summed E-state index contributed by atoms with van der Waals surface area (Å²) in [5.74, 6) is 0. The van der Waals surface area contributed by atoms with Gasteiger partial charge in [-0.1, -0.05) is 6.07 Å². The Morgan fingerprint density at radius 3 is 1.82 bits per heavy atom. The Morgan fingerprint density at radius 2 is 1.41 bits per heavy atom. The first-order valence-electron chi connectivity index (χ1n) is 5.82. The zero-order valence-corrected chi connectivity index (χ0v) is 10.7. The normalized spacial score (nSPS) is 15.0. The highest BCUT2D eigenvalue weighted by Crippen LogP contribution is 2.40. The first-order chi connectivity index (χ1) is 9.72. The summed E-state index contributed by atoms with van der Waals surface area (Å²) >= 11 is 0. The Bertz CT molecular complexity index is 513. The lowest BCUT2D eigenvalue weighted by Gasteiger charge is -2.20. The molecule has 1 aromatic carbocycles. The van der Waals surface area contributed by atoms with E-state index in [2.05, 4.69) is 0 Å². The summed E-state index contributed by atoms with van der Waals surface area (Å²) in [7, 11) is 0. The first kappa shape index (κ1) is 18.6. The van der Waals surface area contributed by atoms with E-state index in [0.29, 0.717) is 12.1 Å². The maximum Gasteiger partial charge on any atom is 0.416 e. The van der Waals surface area contributed by atoms with Crippen LogP contribution in [-0.4, -0.2) is 6.18 Å². The van der Waals surface area contributed by atoms with Gasteiger partial charge in [-0.25, -0.2) is 0 Å². The van der Waals surface area contributed by atoms with Crippen molar-refractivity contribution in [3.63, 3.8) is 0 Å². The molecule has 10 heteroatoms. The second-order valence-electron chi connectivity index (χ2n) is 4.56. The SMILES string of the molecule is N[C@@H](CCC(F)(F)F)c1ccc(C(F)(F)F)cc1C(F)(F)F. The predicted molar refractivity (Wildman–Crippen MR) is 58.7 cm³/mol. The van der Waals surface area contributed by atoms with Gasteiger partial charge in [-0.15, -0.1) is 0 Å². The Hall–Kier alpha value is -1.45. The van der Waals surface area contributed by atoms with Gasteiger partial charge in [0, 0.05) is 12.5 Å². The monoisotopic (exact) mass is 339 g/mol. The Kier molecular flexibility index (Phi) is 5.05. The topological polar surface area (TPSA) is 26.0 Å². The van der Waals surface area contributed by atoms with E-state index in [1.807, 2.05) is 0 Å². The molecule has 0 spiro atoms. The van der Waals surface area contributed by atoms with Crippen LogP contribution in [0.15, 0.2) is 18.2 Å². The van der Waals surface area contributed by atoms with Gasteiger partial charge in [0.05, 0.1) is 11.1 Å². The molecule has 0 saturated carbocycles. The second-order valence-corrected chi connectivity index (χ2v) is 4.56. The third-order valence-electron chi connectivity index (χ3n) is 2.82. The number of rotatable bonds is 3. The van der Waals surface area contributed by atoms with Crippen molar-refractivity contribution in [3.05, 3.63) is 34.9 Å². The van der Waals surface area contributed by atoms with E-state index in [-0.39, 0.29) is 6.07 Å². The van der Waals surface area contributed by atoms with Gasteiger partial charge in [-0.3, -0.25) is 0 Å². The molecule has 126 valence electrons. The molecule has 0 unspecified atom stereocenters. The van der Waals surface area contributed by atoms with E-state index in [1.54, 1.807) is 0 Å². The van der Waals surface area contributed by atoms with E-state index in [1.165, 1.54) is 0 Å². The summed E-state index contributed by atoms with van der Waals surface area (Å²) in [6, 6.07) is -1.01. The van der Waals surface area contributed by atoms with Crippen LogP contribution in [0.3, 0.4) is 0 Å². The molecule has 0 radical (unpaired) electrons. The average molecular weight is 339 g/mol. The predicted octanol–water partition coefficient (Wildman–Crippen LogP) is 5.07. The summed E-state index contributed by atoms with van der Waals surface area (Å²) in [6.07, 6.45) is -17.1. The summed E-state index contributed by atoms with van der Waals surface area (Å²) < 4.78 is 112. The van der Waals surface area contributed by atoms with Crippen LogP contribution in [0.5, 0.6) is 0 Å². The highest BCUT2D eigenvalue weighted by Gasteiger charge is 2.39. The number of alkyl halides is 9. The molecule has 0 aliphatic rings. The van der Waals surface area contributed by atoms with Crippen LogP contribution < -0.4 is 5.73 Å². The molecule has 1 atom stereocenters. The maximum atomic E-state index is 12.8. The molecule has 0 fully saturated rings. The number of halogens is 9. The highest BCUT2D eigenvalue weighted by molar-refractivity contribution is 5.37. The van der Waals surface area contributed by atoms with E-state index >= 15 is 0 Å². The smallest absolute Gasteiger partial charge is 0.324 e. The van der Waals surface area contributed by atoms with Gasteiger partial charge in [0.25, 0.3) is 0 Å². The zero-order valence-electron chi connectivity index (χ0n) is 10.7. The van der Waals surface area contributed by atoms with Gasteiger partial charge in [0.2, 0.25) is 0 Å². The van der Waals surface area contributed by atoms with Crippen molar-refractivity contribution >= 4 is 0 Å². The average Bonchev–Trinajstić information content (AvgIpc) is 2.32. The summed E-state index contributed by atoms with van der Waals surface area (Å²) in [5.41, 5.74) is 1.24. The van der Waals surface area contributed by atoms with Crippen LogP contribution in [0, 0.1) is 0 Å². The van der Waals surface area contributed by atoms with Gasteiger partial charge >= 0.3 is 18.5 Å². The standard InChI is InChI=1S/C12H10F9N/c13-10(14,15)4-3-9(22)7-2-1-6(11(16,17)18)5-8(7)12(19,20)21/h1-2,5,9H,3-4,22H2/t9-/m0/s1. The lowest BCUT2D eigenvalue weighted by molar-refractivity contribution is -0.143. The third-order valence-corrected chi connectivity index (χ3v) is 2.82. The largest absolute Gasteiger partial charge is 0.416 e. The molecule has 0 aliphatic heterocycles. The number of nitrogens with two attached hydrogens (primary N) is 1. The molecule has 2 N–H and O–H groups in total. The van der Waals surface area contributed by atoms with E-state index in [4.69, 9.17) is 5.73 Å². The molecule has 22 heavy (non-hydrogen) atoms. The van der Waals surface area contributed by atoms with Crippen LogP contribution in [0.4, 0.5) is 39.5 Å². The van der Waals surface area contributed by atoms with Crippen LogP contribution >= 0.6 is 0 Å². The van der Waals surface area contributed by atoms with Gasteiger partial charge in [-0.2, -0.15) is 39.5 Å². The van der Waals surface area contributed by atoms with Gasteiger partial charge < -0.3 is 5.73 Å². The molecule has 1 rings (SSSR count). The van der Waals surface area contributed by atoms with Gasteiger partial charge in [-0.05, 0) is 24.1 Å². The van der Waals surface area contributed by atoms with Crippen LogP contribution in [0.1, 0.15) is 35.6 Å². The lowest BCUT2D eigenvalue weighted by Crippen LogP contribution is -2.21. The Balaban J connectivity index is 3.19. The van der Waals surface area contributed by atoms with Crippen molar-refractivity contribution in [3.8, 4) is 0 Å². The van der Waals surface area contributed by atoms with Crippen molar-refractivity contribution < 1.29 is 39.5 Å². The molecule has 1 aromatic rings. The van der Waals surface area contributed by atoms with Crippen LogP contribution in [0.25, 0.3) is 0 Å². The van der Waals surface area contributed by atoms with Crippen molar-refractivity contribution in [1.29, 1.82) is 0 Å². The van der Waals surface area contributed by atoms with Gasteiger partial charge in [0.15, 0.2) is 0 Å². The maximum absolute atomic E-state index is 12.8. The molecule has 1 nitrogen and oxygen atoms in total. The van der Waals surface area contributed by atoms with Crippen molar-refractivity contribution in [2.45, 2.75) is 37.4 Å². The quantitative estimate of drug-likeness (QED) is 0.765. The minimum absolute atomic E-state index is 0.150.